The van der Waals surface area contributed by atoms with Crippen LogP contribution in [-0.4, -0.2) is 30.5 Å². The van der Waals surface area contributed by atoms with Crippen molar-refractivity contribution in [2.45, 2.75) is 26.8 Å². The Hall–Kier alpha value is -1.42. The van der Waals surface area contributed by atoms with Crippen LogP contribution in [0.3, 0.4) is 0 Å². The fourth-order valence-corrected chi connectivity index (χ4v) is 1.21. The summed E-state index contributed by atoms with van der Waals surface area (Å²) in [5, 5.41) is 3.10. The highest BCUT2D eigenvalue weighted by Gasteiger charge is 2.10. The molecule has 0 spiro atoms. The number of carbonyl (C=O) groups is 1. The molecule has 0 aliphatic rings. The van der Waals surface area contributed by atoms with Crippen molar-refractivity contribution in [1.29, 1.82) is 0 Å². The molecule has 4 heteroatoms. The van der Waals surface area contributed by atoms with Gasteiger partial charge in [-0.3, -0.25) is 9.78 Å². The monoisotopic (exact) mass is 221 g/mol. The van der Waals surface area contributed by atoms with Gasteiger partial charge in [-0.25, -0.2) is 0 Å². The highest BCUT2D eigenvalue weighted by molar-refractivity contribution is 5.94. The highest BCUT2D eigenvalue weighted by Crippen LogP contribution is 2.10. The van der Waals surface area contributed by atoms with E-state index in [0.29, 0.717) is 12.6 Å². The molecule has 1 aromatic heterocycles. The fourth-order valence-electron chi connectivity index (χ4n) is 1.21. The van der Waals surface area contributed by atoms with Crippen LogP contribution < -0.4 is 10.2 Å². The second-order valence-corrected chi connectivity index (χ2v) is 4.15. The molecule has 1 heterocycles. The normalized spacial score (nSPS) is 10.6. The lowest BCUT2D eigenvalue weighted by atomic mass is 10.3. The Morgan fingerprint density at radius 1 is 1.50 bits per heavy atom. The second kappa shape index (κ2) is 5.61. The molecule has 0 fully saturated rings. The summed E-state index contributed by atoms with van der Waals surface area (Å²) in [7, 11) is 1.76. The molecule has 16 heavy (non-hydrogen) atoms. The van der Waals surface area contributed by atoms with Gasteiger partial charge in [-0.2, -0.15) is 0 Å². The van der Waals surface area contributed by atoms with E-state index < -0.39 is 0 Å². The van der Waals surface area contributed by atoms with Crippen LogP contribution in [0.1, 0.15) is 19.5 Å². The van der Waals surface area contributed by atoms with Crippen molar-refractivity contribution in [1.82, 2.24) is 10.3 Å². The molecule has 1 N–H and O–H groups in total. The zero-order valence-corrected chi connectivity index (χ0v) is 10.3. The first-order valence-corrected chi connectivity index (χ1v) is 5.43. The largest absolute Gasteiger partial charge is 0.313 e. The first-order valence-electron chi connectivity index (χ1n) is 5.43. The summed E-state index contributed by atoms with van der Waals surface area (Å²) in [6.45, 7) is 6.30. The molecule has 0 aliphatic heterocycles. The molecular formula is C12H19N3O. The summed E-state index contributed by atoms with van der Waals surface area (Å²) in [4.78, 5) is 17.5. The van der Waals surface area contributed by atoms with E-state index in [1.54, 1.807) is 18.1 Å². The van der Waals surface area contributed by atoms with Crippen LogP contribution in [0.4, 0.5) is 5.69 Å². The number of amides is 1. The number of hydrogen-bond acceptors (Lipinski definition) is 3. The molecule has 0 aromatic carbocycles. The minimum Gasteiger partial charge on any atom is -0.313 e. The standard InChI is InChI=1S/C12H19N3O/c1-9(2)13-8-12(16)15(4)11-6-5-10(3)14-7-11/h5-7,9,13H,8H2,1-4H3. The number of aromatic nitrogens is 1. The molecule has 1 aromatic rings. The molecular weight excluding hydrogens is 202 g/mol. The molecule has 0 radical (unpaired) electrons. The van der Waals surface area contributed by atoms with Crippen molar-refractivity contribution in [2.24, 2.45) is 0 Å². The van der Waals surface area contributed by atoms with Crippen molar-refractivity contribution in [2.75, 3.05) is 18.5 Å². The first kappa shape index (κ1) is 12.6. The van der Waals surface area contributed by atoms with Crippen LogP contribution in [0.15, 0.2) is 18.3 Å². The average molecular weight is 221 g/mol. The van der Waals surface area contributed by atoms with E-state index >= 15 is 0 Å². The highest BCUT2D eigenvalue weighted by atomic mass is 16.2. The fraction of sp³-hybridized carbons (Fsp3) is 0.500. The van der Waals surface area contributed by atoms with Gasteiger partial charge in [0.25, 0.3) is 0 Å². The Kier molecular flexibility index (Phi) is 4.43. The van der Waals surface area contributed by atoms with Gasteiger partial charge in [0.1, 0.15) is 0 Å². The number of likely N-dealkylation sites (N-methyl/N-ethyl adjacent to an activating group) is 1. The quantitative estimate of drug-likeness (QED) is 0.834. The van der Waals surface area contributed by atoms with E-state index in [2.05, 4.69) is 10.3 Å². The summed E-state index contributed by atoms with van der Waals surface area (Å²) in [6.07, 6.45) is 1.71. The Morgan fingerprint density at radius 3 is 2.69 bits per heavy atom. The van der Waals surface area contributed by atoms with Gasteiger partial charge in [0.2, 0.25) is 5.91 Å². The van der Waals surface area contributed by atoms with Crippen molar-refractivity contribution in [3.63, 3.8) is 0 Å². The van der Waals surface area contributed by atoms with E-state index in [0.717, 1.165) is 11.4 Å². The molecule has 0 atom stereocenters. The Labute approximate surface area is 96.7 Å². The molecule has 0 bridgehead atoms. The number of hydrogen-bond donors (Lipinski definition) is 1. The van der Waals surface area contributed by atoms with Crippen LogP contribution in [0.25, 0.3) is 0 Å². The molecule has 88 valence electrons. The third-order valence-electron chi connectivity index (χ3n) is 2.32. The van der Waals surface area contributed by atoms with Crippen molar-refractivity contribution >= 4 is 11.6 Å². The molecule has 1 rings (SSSR count). The van der Waals surface area contributed by atoms with Crippen LogP contribution in [-0.2, 0) is 4.79 Å². The summed E-state index contributed by atoms with van der Waals surface area (Å²) in [6, 6.07) is 4.11. The van der Waals surface area contributed by atoms with Crippen LogP contribution in [0, 0.1) is 6.92 Å². The van der Waals surface area contributed by atoms with E-state index in [-0.39, 0.29) is 5.91 Å². The predicted molar refractivity (Wildman–Crippen MR) is 65.5 cm³/mol. The third kappa shape index (κ3) is 3.62. The predicted octanol–water partition coefficient (Wildman–Crippen LogP) is 1.35. The molecule has 1 amide bonds. The minimum absolute atomic E-state index is 0.0411. The Balaban J connectivity index is 2.59. The average Bonchev–Trinajstić information content (AvgIpc) is 2.26. The summed E-state index contributed by atoms with van der Waals surface area (Å²) < 4.78 is 0. The lowest BCUT2D eigenvalue weighted by Gasteiger charge is -2.18. The number of rotatable bonds is 4. The number of nitrogens with zero attached hydrogens (tertiary/aromatic N) is 2. The summed E-state index contributed by atoms with van der Waals surface area (Å²) >= 11 is 0. The zero-order valence-electron chi connectivity index (χ0n) is 10.3. The molecule has 0 unspecified atom stereocenters. The summed E-state index contributed by atoms with van der Waals surface area (Å²) in [5.41, 5.74) is 1.77. The maximum Gasteiger partial charge on any atom is 0.240 e. The second-order valence-electron chi connectivity index (χ2n) is 4.15. The SMILES string of the molecule is Cc1ccc(N(C)C(=O)CNC(C)C)cn1. The molecule has 0 saturated heterocycles. The number of aryl methyl sites for hydroxylation is 1. The zero-order chi connectivity index (χ0) is 12.1. The van der Waals surface area contributed by atoms with Gasteiger partial charge >= 0.3 is 0 Å². The topological polar surface area (TPSA) is 45.2 Å². The van der Waals surface area contributed by atoms with E-state index in [4.69, 9.17) is 0 Å². The van der Waals surface area contributed by atoms with Crippen molar-refractivity contribution in [3.05, 3.63) is 24.0 Å². The summed E-state index contributed by atoms with van der Waals surface area (Å²) in [5.74, 6) is 0.0411. The van der Waals surface area contributed by atoms with Crippen LogP contribution in [0.2, 0.25) is 0 Å². The van der Waals surface area contributed by atoms with Gasteiger partial charge in [-0.15, -0.1) is 0 Å². The first-order chi connectivity index (χ1) is 7.50. The molecule has 4 nitrogen and oxygen atoms in total. The number of nitrogens with one attached hydrogen (secondary N) is 1. The van der Waals surface area contributed by atoms with E-state index in [9.17, 15) is 4.79 Å². The number of pyridine rings is 1. The van der Waals surface area contributed by atoms with Gasteiger partial charge in [0.05, 0.1) is 18.4 Å². The van der Waals surface area contributed by atoms with E-state index in [1.807, 2.05) is 32.9 Å². The maximum absolute atomic E-state index is 11.8. The number of carbonyl (C=O) groups excluding carboxylic acids is 1. The maximum atomic E-state index is 11.8. The van der Waals surface area contributed by atoms with Crippen LogP contribution >= 0.6 is 0 Å². The third-order valence-corrected chi connectivity index (χ3v) is 2.32. The lowest BCUT2D eigenvalue weighted by molar-refractivity contribution is -0.117. The van der Waals surface area contributed by atoms with Gasteiger partial charge in [-0.05, 0) is 19.1 Å². The van der Waals surface area contributed by atoms with Crippen molar-refractivity contribution in [3.8, 4) is 0 Å². The van der Waals surface area contributed by atoms with Gasteiger partial charge in [0, 0.05) is 18.8 Å². The number of anilines is 1. The Morgan fingerprint density at radius 2 is 2.19 bits per heavy atom. The van der Waals surface area contributed by atoms with Gasteiger partial charge in [0.15, 0.2) is 0 Å². The molecule has 0 saturated carbocycles. The van der Waals surface area contributed by atoms with Gasteiger partial charge < -0.3 is 10.2 Å². The van der Waals surface area contributed by atoms with Crippen LogP contribution in [0.5, 0.6) is 0 Å². The molecule has 0 aliphatic carbocycles. The Bertz CT molecular complexity index is 346. The lowest BCUT2D eigenvalue weighted by Crippen LogP contribution is -2.38. The van der Waals surface area contributed by atoms with Gasteiger partial charge in [-0.1, -0.05) is 13.8 Å². The smallest absolute Gasteiger partial charge is 0.240 e. The minimum atomic E-state index is 0.0411. The van der Waals surface area contributed by atoms with E-state index in [1.165, 1.54) is 0 Å². The van der Waals surface area contributed by atoms with Crippen molar-refractivity contribution < 1.29 is 4.79 Å².